The van der Waals surface area contributed by atoms with Crippen LogP contribution in [0.5, 0.6) is 5.75 Å². The first-order valence-electron chi connectivity index (χ1n) is 6.33. The van der Waals surface area contributed by atoms with Gasteiger partial charge in [-0.3, -0.25) is 4.90 Å². The van der Waals surface area contributed by atoms with Gasteiger partial charge in [0.1, 0.15) is 11.6 Å². The van der Waals surface area contributed by atoms with Crippen molar-refractivity contribution in [3.05, 3.63) is 29.6 Å². The molecule has 4 heteroatoms. The average molecular weight is 253 g/mol. The SMILES string of the molecule is COc1ccc(F)cc1CN1CCC(O)C(C)C1. The van der Waals surface area contributed by atoms with Crippen LogP contribution in [0.1, 0.15) is 18.9 Å². The van der Waals surface area contributed by atoms with Crippen LogP contribution in [-0.4, -0.2) is 36.3 Å². The van der Waals surface area contributed by atoms with Gasteiger partial charge in [0.15, 0.2) is 0 Å². The predicted molar refractivity (Wildman–Crippen MR) is 68.0 cm³/mol. The number of methoxy groups -OCH3 is 1. The van der Waals surface area contributed by atoms with Crippen molar-refractivity contribution < 1.29 is 14.2 Å². The maximum absolute atomic E-state index is 13.3. The molecule has 1 saturated heterocycles. The molecule has 1 aliphatic rings. The Morgan fingerprint density at radius 1 is 1.50 bits per heavy atom. The molecule has 0 bridgehead atoms. The zero-order chi connectivity index (χ0) is 13.1. The van der Waals surface area contributed by atoms with Gasteiger partial charge in [-0.15, -0.1) is 0 Å². The number of hydrogen-bond acceptors (Lipinski definition) is 3. The van der Waals surface area contributed by atoms with Crippen molar-refractivity contribution >= 4 is 0 Å². The highest BCUT2D eigenvalue weighted by Crippen LogP contribution is 2.24. The van der Waals surface area contributed by atoms with E-state index >= 15 is 0 Å². The van der Waals surface area contributed by atoms with Crippen LogP contribution in [0.15, 0.2) is 18.2 Å². The lowest BCUT2D eigenvalue weighted by Crippen LogP contribution is -2.41. The molecule has 2 rings (SSSR count). The number of aliphatic hydroxyl groups excluding tert-OH is 1. The first-order valence-corrected chi connectivity index (χ1v) is 6.33. The minimum absolute atomic E-state index is 0.212. The van der Waals surface area contributed by atoms with Crippen molar-refractivity contribution in [3.8, 4) is 5.75 Å². The zero-order valence-corrected chi connectivity index (χ0v) is 10.9. The molecule has 1 fully saturated rings. The van der Waals surface area contributed by atoms with E-state index in [1.807, 2.05) is 6.92 Å². The Bertz CT molecular complexity index is 411. The van der Waals surface area contributed by atoms with Gasteiger partial charge in [-0.05, 0) is 30.5 Å². The van der Waals surface area contributed by atoms with Crippen LogP contribution in [0.2, 0.25) is 0 Å². The van der Waals surface area contributed by atoms with Crippen LogP contribution in [0, 0.1) is 11.7 Å². The van der Waals surface area contributed by atoms with Crippen molar-refractivity contribution in [2.24, 2.45) is 5.92 Å². The topological polar surface area (TPSA) is 32.7 Å². The number of halogens is 1. The van der Waals surface area contributed by atoms with E-state index in [2.05, 4.69) is 4.90 Å². The Morgan fingerprint density at radius 3 is 2.94 bits per heavy atom. The number of piperidine rings is 1. The standard InChI is InChI=1S/C14H20FNO2/c1-10-8-16(6-5-13(10)17)9-11-7-12(15)3-4-14(11)18-2/h3-4,7,10,13,17H,5-6,8-9H2,1-2H3. The third-order valence-corrected chi connectivity index (χ3v) is 3.58. The summed E-state index contributed by atoms with van der Waals surface area (Å²) in [5, 5.41) is 9.70. The van der Waals surface area contributed by atoms with Crippen molar-refractivity contribution in [1.29, 1.82) is 0 Å². The van der Waals surface area contributed by atoms with Crippen molar-refractivity contribution in [1.82, 2.24) is 4.90 Å². The minimum Gasteiger partial charge on any atom is -0.496 e. The highest BCUT2D eigenvalue weighted by Gasteiger charge is 2.24. The summed E-state index contributed by atoms with van der Waals surface area (Å²) in [7, 11) is 1.60. The molecular formula is C14H20FNO2. The molecule has 0 aliphatic carbocycles. The Kier molecular flexibility index (Phi) is 4.19. The minimum atomic E-state index is -0.240. The second-order valence-electron chi connectivity index (χ2n) is 5.02. The fourth-order valence-electron chi connectivity index (χ4n) is 2.47. The van der Waals surface area contributed by atoms with Crippen LogP contribution >= 0.6 is 0 Å². The summed E-state index contributed by atoms with van der Waals surface area (Å²) in [6.45, 7) is 4.38. The zero-order valence-electron chi connectivity index (χ0n) is 10.9. The van der Waals surface area contributed by atoms with E-state index in [9.17, 15) is 9.50 Å². The lowest BCUT2D eigenvalue weighted by atomic mass is 9.96. The first kappa shape index (κ1) is 13.3. The molecule has 1 aliphatic heterocycles. The number of ether oxygens (including phenoxy) is 1. The van der Waals surface area contributed by atoms with Gasteiger partial charge in [0.05, 0.1) is 13.2 Å². The molecule has 100 valence electrons. The summed E-state index contributed by atoms with van der Waals surface area (Å²) in [4.78, 5) is 2.23. The third-order valence-electron chi connectivity index (χ3n) is 3.58. The van der Waals surface area contributed by atoms with Crippen LogP contribution in [0.3, 0.4) is 0 Å². The molecule has 1 N–H and O–H groups in total. The molecule has 1 heterocycles. The monoisotopic (exact) mass is 253 g/mol. The molecule has 2 unspecified atom stereocenters. The second kappa shape index (κ2) is 5.67. The van der Waals surface area contributed by atoms with E-state index in [-0.39, 0.29) is 17.8 Å². The Hall–Kier alpha value is -1.13. The summed E-state index contributed by atoms with van der Waals surface area (Å²) in [5.74, 6) is 0.740. The number of rotatable bonds is 3. The maximum atomic E-state index is 13.3. The number of aliphatic hydroxyl groups is 1. The lowest BCUT2D eigenvalue weighted by molar-refractivity contribution is 0.0317. The van der Waals surface area contributed by atoms with E-state index < -0.39 is 0 Å². The van der Waals surface area contributed by atoms with E-state index in [0.29, 0.717) is 6.54 Å². The largest absolute Gasteiger partial charge is 0.496 e. The fraction of sp³-hybridized carbons (Fsp3) is 0.571. The van der Waals surface area contributed by atoms with Crippen molar-refractivity contribution in [3.63, 3.8) is 0 Å². The van der Waals surface area contributed by atoms with Gasteiger partial charge in [0.25, 0.3) is 0 Å². The van der Waals surface area contributed by atoms with Gasteiger partial charge in [-0.25, -0.2) is 4.39 Å². The summed E-state index contributed by atoms with van der Waals surface area (Å²) < 4.78 is 18.5. The Balaban J connectivity index is 2.07. The summed E-state index contributed by atoms with van der Waals surface area (Å²) in [6, 6.07) is 4.59. The molecule has 18 heavy (non-hydrogen) atoms. The Labute approximate surface area is 107 Å². The number of benzene rings is 1. The molecule has 0 amide bonds. The molecule has 1 aromatic rings. The van der Waals surface area contributed by atoms with Crippen LogP contribution in [0.25, 0.3) is 0 Å². The van der Waals surface area contributed by atoms with Crippen molar-refractivity contribution in [2.75, 3.05) is 20.2 Å². The van der Waals surface area contributed by atoms with Crippen LogP contribution in [0.4, 0.5) is 4.39 Å². The normalized spacial score (nSPS) is 25.1. The van der Waals surface area contributed by atoms with Gasteiger partial charge in [-0.1, -0.05) is 6.92 Å². The van der Waals surface area contributed by atoms with E-state index in [0.717, 1.165) is 30.8 Å². The number of nitrogens with zero attached hydrogens (tertiary/aromatic N) is 1. The Morgan fingerprint density at radius 2 is 2.28 bits per heavy atom. The highest BCUT2D eigenvalue weighted by molar-refractivity contribution is 5.33. The molecule has 3 nitrogen and oxygen atoms in total. The lowest BCUT2D eigenvalue weighted by Gasteiger charge is -2.34. The third kappa shape index (κ3) is 3.00. The molecular weight excluding hydrogens is 233 g/mol. The van der Waals surface area contributed by atoms with Gasteiger partial charge >= 0.3 is 0 Å². The quantitative estimate of drug-likeness (QED) is 0.894. The van der Waals surface area contributed by atoms with Crippen LogP contribution < -0.4 is 4.74 Å². The molecule has 0 saturated carbocycles. The fourth-order valence-corrected chi connectivity index (χ4v) is 2.47. The molecule has 0 aromatic heterocycles. The van der Waals surface area contributed by atoms with Crippen molar-refractivity contribution in [2.45, 2.75) is 26.0 Å². The van der Waals surface area contributed by atoms with E-state index in [1.165, 1.54) is 12.1 Å². The molecule has 0 spiro atoms. The summed E-state index contributed by atoms with van der Waals surface area (Å²) in [6.07, 6.45) is 0.564. The van der Waals surface area contributed by atoms with E-state index in [4.69, 9.17) is 4.74 Å². The number of hydrogen-bond donors (Lipinski definition) is 1. The highest BCUT2D eigenvalue weighted by atomic mass is 19.1. The molecule has 1 aromatic carbocycles. The summed E-state index contributed by atoms with van der Waals surface area (Å²) in [5.41, 5.74) is 0.862. The van der Waals surface area contributed by atoms with Gasteiger partial charge in [-0.2, -0.15) is 0 Å². The van der Waals surface area contributed by atoms with Gasteiger partial charge < -0.3 is 9.84 Å². The first-order chi connectivity index (χ1) is 8.60. The van der Waals surface area contributed by atoms with Gasteiger partial charge in [0, 0.05) is 25.2 Å². The molecule has 0 radical (unpaired) electrons. The predicted octanol–water partition coefficient (Wildman–Crippen LogP) is 2.04. The average Bonchev–Trinajstić information content (AvgIpc) is 2.34. The van der Waals surface area contributed by atoms with E-state index in [1.54, 1.807) is 13.2 Å². The molecule has 2 atom stereocenters. The summed E-state index contributed by atoms with van der Waals surface area (Å²) >= 11 is 0. The smallest absolute Gasteiger partial charge is 0.123 e. The maximum Gasteiger partial charge on any atom is 0.123 e. The number of likely N-dealkylation sites (tertiary alicyclic amines) is 1. The van der Waals surface area contributed by atoms with Crippen LogP contribution in [-0.2, 0) is 6.54 Å². The van der Waals surface area contributed by atoms with Gasteiger partial charge in [0.2, 0.25) is 0 Å². The second-order valence-corrected chi connectivity index (χ2v) is 5.02.